The number of benzene rings is 1. The van der Waals surface area contributed by atoms with E-state index >= 15 is 0 Å². The molecule has 1 saturated heterocycles. The fraction of sp³-hybridized carbons (Fsp3) is 0.176. The Kier molecular flexibility index (Phi) is 5.55. The number of nitrogens with one attached hydrogen (secondary N) is 1. The molecule has 0 spiro atoms. The smallest absolute Gasteiger partial charge is 0.322 e. The van der Waals surface area contributed by atoms with Crippen LogP contribution in [-0.2, 0) is 0 Å². The molecule has 2 aromatic rings. The Balaban J connectivity index is 0.00000176. The summed E-state index contributed by atoms with van der Waals surface area (Å²) in [6.07, 6.45) is 8.44. The fourth-order valence-electron chi connectivity index (χ4n) is 2.49. The van der Waals surface area contributed by atoms with Gasteiger partial charge in [0.15, 0.2) is 0 Å². The third-order valence-electron chi connectivity index (χ3n) is 3.51. The van der Waals surface area contributed by atoms with Crippen molar-refractivity contribution in [3.8, 4) is 0 Å². The van der Waals surface area contributed by atoms with Gasteiger partial charge in [0, 0.05) is 12.7 Å². The number of halogens is 1. The highest BCUT2D eigenvalue weighted by atomic mass is 35.5. The van der Waals surface area contributed by atoms with E-state index in [1.165, 1.54) is 5.56 Å². The van der Waals surface area contributed by atoms with E-state index in [-0.39, 0.29) is 24.5 Å². The predicted octanol–water partition coefficient (Wildman–Crippen LogP) is 3.51. The number of pyridine rings is 1. The van der Waals surface area contributed by atoms with Gasteiger partial charge in [-0.1, -0.05) is 42.5 Å². The van der Waals surface area contributed by atoms with Crippen molar-refractivity contribution in [3.05, 3.63) is 66.5 Å². The molecule has 0 bridgehead atoms. The molecule has 0 saturated carbocycles. The molecule has 2 amide bonds. The van der Waals surface area contributed by atoms with E-state index in [0.717, 1.165) is 12.1 Å². The molecule has 0 radical (unpaired) electrons. The number of nitrogens with zero attached hydrogens (tertiary/aromatic N) is 2. The molecule has 1 N–H and O–H groups in total. The van der Waals surface area contributed by atoms with E-state index in [1.807, 2.05) is 30.3 Å². The standard InChI is InChI=1S/C17H17N3O.ClH/c21-17-19-13-16(20(17)15-10-5-11-18-12-15)9-4-8-14-6-2-1-3-7-14;/h1-8,10-12,16H,9,13H2,(H,19,21);1H/b8-4+;. The van der Waals surface area contributed by atoms with Crippen molar-refractivity contribution in [1.82, 2.24) is 10.3 Å². The molecule has 4 nitrogen and oxygen atoms in total. The first kappa shape index (κ1) is 16.0. The van der Waals surface area contributed by atoms with Crippen LogP contribution in [0.15, 0.2) is 60.9 Å². The number of urea groups is 1. The molecule has 3 rings (SSSR count). The molecule has 1 fully saturated rings. The van der Waals surface area contributed by atoms with Gasteiger partial charge in [-0.15, -0.1) is 12.4 Å². The number of aromatic nitrogens is 1. The van der Waals surface area contributed by atoms with Crippen molar-refractivity contribution >= 4 is 30.2 Å². The Morgan fingerprint density at radius 2 is 2.05 bits per heavy atom. The molecular formula is C17H18ClN3O. The molecule has 2 heterocycles. The lowest BCUT2D eigenvalue weighted by molar-refractivity contribution is 0.251. The average Bonchev–Trinajstić information content (AvgIpc) is 2.90. The minimum Gasteiger partial charge on any atom is -0.336 e. The molecule has 5 heteroatoms. The van der Waals surface area contributed by atoms with Crippen LogP contribution in [0.2, 0.25) is 0 Å². The number of amides is 2. The van der Waals surface area contributed by atoms with Gasteiger partial charge in [0.1, 0.15) is 0 Å². The lowest BCUT2D eigenvalue weighted by atomic mass is 10.1. The topological polar surface area (TPSA) is 45.2 Å². The second kappa shape index (κ2) is 7.61. The van der Waals surface area contributed by atoms with Gasteiger partial charge in [0.05, 0.1) is 17.9 Å². The Hall–Kier alpha value is -2.33. The van der Waals surface area contributed by atoms with Crippen LogP contribution < -0.4 is 10.2 Å². The number of hydrogen-bond acceptors (Lipinski definition) is 2. The summed E-state index contributed by atoms with van der Waals surface area (Å²) in [5.41, 5.74) is 2.01. The van der Waals surface area contributed by atoms with E-state index in [9.17, 15) is 4.79 Å². The second-order valence-electron chi connectivity index (χ2n) is 4.97. The fourth-order valence-corrected chi connectivity index (χ4v) is 2.49. The minimum absolute atomic E-state index is 0. The largest absolute Gasteiger partial charge is 0.336 e. The SMILES string of the molecule is Cl.O=C1NCC(C/C=C/c2ccccc2)N1c1cccnc1. The Morgan fingerprint density at radius 1 is 1.23 bits per heavy atom. The first-order valence-corrected chi connectivity index (χ1v) is 7.03. The monoisotopic (exact) mass is 315 g/mol. The van der Waals surface area contributed by atoms with Crippen molar-refractivity contribution in [1.29, 1.82) is 0 Å². The van der Waals surface area contributed by atoms with Crippen LogP contribution in [0.3, 0.4) is 0 Å². The third kappa shape index (κ3) is 3.65. The van der Waals surface area contributed by atoms with Crippen molar-refractivity contribution in [3.63, 3.8) is 0 Å². The maximum Gasteiger partial charge on any atom is 0.322 e. The molecule has 1 aromatic heterocycles. The van der Waals surface area contributed by atoms with Gasteiger partial charge in [-0.2, -0.15) is 0 Å². The molecule has 0 aliphatic carbocycles. The summed E-state index contributed by atoms with van der Waals surface area (Å²) in [7, 11) is 0. The summed E-state index contributed by atoms with van der Waals surface area (Å²) in [6, 6.07) is 14.0. The summed E-state index contributed by atoms with van der Waals surface area (Å²) < 4.78 is 0. The molecule has 22 heavy (non-hydrogen) atoms. The second-order valence-corrected chi connectivity index (χ2v) is 4.97. The molecule has 1 unspecified atom stereocenters. The maximum atomic E-state index is 12.0. The summed E-state index contributed by atoms with van der Waals surface area (Å²) in [5, 5.41) is 2.89. The Morgan fingerprint density at radius 3 is 2.77 bits per heavy atom. The molecular weight excluding hydrogens is 298 g/mol. The average molecular weight is 316 g/mol. The van der Waals surface area contributed by atoms with Gasteiger partial charge in [-0.25, -0.2) is 4.79 Å². The highest BCUT2D eigenvalue weighted by Gasteiger charge is 2.30. The summed E-state index contributed by atoms with van der Waals surface area (Å²) >= 11 is 0. The zero-order valence-electron chi connectivity index (χ0n) is 12.1. The van der Waals surface area contributed by atoms with Crippen molar-refractivity contribution in [2.45, 2.75) is 12.5 Å². The van der Waals surface area contributed by atoms with Crippen LogP contribution in [-0.4, -0.2) is 23.6 Å². The number of carbonyl (C=O) groups is 1. The van der Waals surface area contributed by atoms with Crippen molar-refractivity contribution < 1.29 is 4.79 Å². The van der Waals surface area contributed by atoms with Crippen LogP contribution in [0.5, 0.6) is 0 Å². The lowest BCUT2D eigenvalue weighted by Crippen LogP contribution is -2.33. The highest BCUT2D eigenvalue weighted by Crippen LogP contribution is 2.21. The van der Waals surface area contributed by atoms with Crippen molar-refractivity contribution in [2.75, 3.05) is 11.4 Å². The summed E-state index contributed by atoms with van der Waals surface area (Å²) in [4.78, 5) is 17.8. The van der Waals surface area contributed by atoms with E-state index in [0.29, 0.717) is 6.54 Å². The number of hydrogen-bond donors (Lipinski definition) is 1. The Labute approximate surface area is 136 Å². The van der Waals surface area contributed by atoms with Gasteiger partial charge in [0.25, 0.3) is 0 Å². The molecule has 1 atom stereocenters. The molecule has 1 aromatic carbocycles. The van der Waals surface area contributed by atoms with E-state index in [1.54, 1.807) is 17.3 Å². The van der Waals surface area contributed by atoms with E-state index in [2.05, 4.69) is 34.6 Å². The predicted molar refractivity (Wildman–Crippen MR) is 91.2 cm³/mol. The normalized spacial score (nSPS) is 17.4. The highest BCUT2D eigenvalue weighted by molar-refractivity contribution is 5.94. The van der Waals surface area contributed by atoms with Gasteiger partial charge >= 0.3 is 6.03 Å². The van der Waals surface area contributed by atoms with Crippen LogP contribution in [0.1, 0.15) is 12.0 Å². The van der Waals surface area contributed by atoms with E-state index in [4.69, 9.17) is 0 Å². The summed E-state index contributed by atoms with van der Waals surface area (Å²) in [6.45, 7) is 0.660. The number of rotatable bonds is 4. The summed E-state index contributed by atoms with van der Waals surface area (Å²) in [5.74, 6) is 0. The van der Waals surface area contributed by atoms with Gasteiger partial charge in [-0.05, 0) is 24.1 Å². The molecule has 1 aliphatic rings. The zero-order valence-corrected chi connectivity index (χ0v) is 12.9. The minimum atomic E-state index is -0.0545. The van der Waals surface area contributed by atoms with Crippen LogP contribution in [0.25, 0.3) is 6.08 Å². The van der Waals surface area contributed by atoms with Gasteiger partial charge in [-0.3, -0.25) is 9.88 Å². The van der Waals surface area contributed by atoms with Gasteiger partial charge in [0.2, 0.25) is 0 Å². The van der Waals surface area contributed by atoms with Gasteiger partial charge < -0.3 is 5.32 Å². The Bertz CT molecular complexity index is 631. The quantitative estimate of drug-likeness (QED) is 0.938. The maximum absolute atomic E-state index is 12.0. The lowest BCUT2D eigenvalue weighted by Gasteiger charge is -2.21. The van der Waals surface area contributed by atoms with Crippen LogP contribution in [0, 0.1) is 0 Å². The molecule has 1 aliphatic heterocycles. The van der Waals surface area contributed by atoms with Crippen LogP contribution >= 0.6 is 12.4 Å². The number of anilines is 1. The first-order chi connectivity index (χ1) is 10.3. The van der Waals surface area contributed by atoms with E-state index < -0.39 is 0 Å². The number of carbonyl (C=O) groups excluding carboxylic acids is 1. The van der Waals surface area contributed by atoms with Crippen molar-refractivity contribution in [2.24, 2.45) is 0 Å². The zero-order chi connectivity index (χ0) is 14.5. The third-order valence-corrected chi connectivity index (χ3v) is 3.51. The first-order valence-electron chi connectivity index (χ1n) is 7.03. The molecule has 114 valence electrons. The van der Waals surface area contributed by atoms with Crippen LogP contribution in [0.4, 0.5) is 10.5 Å².